The van der Waals surface area contributed by atoms with E-state index in [1.54, 1.807) is 6.08 Å². The molecule has 0 fully saturated rings. The molecule has 3 atom stereocenters. The number of carbonyl (C=O) groups is 1. The summed E-state index contributed by atoms with van der Waals surface area (Å²) in [5.41, 5.74) is 0. The van der Waals surface area contributed by atoms with Crippen molar-refractivity contribution in [3.05, 3.63) is 97.2 Å². The first-order valence-electron chi connectivity index (χ1n) is 25.6. The van der Waals surface area contributed by atoms with Crippen LogP contribution in [0.1, 0.15) is 194 Å². The number of phosphoric ester groups is 1. The molecule has 0 bridgehead atoms. The molecule has 0 radical (unpaired) electrons. The number of likely N-dealkylation sites (N-methyl/N-ethyl adjacent to an activating group) is 1. The van der Waals surface area contributed by atoms with Gasteiger partial charge in [0.2, 0.25) is 5.91 Å². The number of hydrogen-bond donors (Lipinski definition) is 2. The molecule has 8 nitrogen and oxygen atoms in total. The second-order valence-corrected chi connectivity index (χ2v) is 19.5. The highest BCUT2D eigenvalue weighted by Crippen LogP contribution is 2.38. The van der Waals surface area contributed by atoms with Crippen LogP contribution in [0.3, 0.4) is 0 Å². The topological polar surface area (TPSA) is 108 Å². The molecule has 368 valence electrons. The SMILES string of the molecule is CC/C=C\C/C=C\C/C=C\C/C=C\C/C=C\CCCCCC(=O)NC(COP(=O)([O-])OCC[N+](C)(C)C)C(O)/C=C/CC/C=C/CC/C=C/CCCCCCCCCCCCCCC. The van der Waals surface area contributed by atoms with E-state index < -0.39 is 26.6 Å². The van der Waals surface area contributed by atoms with E-state index in [1.807, 2.05) is 27.2 Å². The van der Waals surface area contributed by atoms with E-state index in [9.17, 15) is 19.4 Å². The van der Waals surface area contributed by atoms with Crippen molar-refractivity contribution in [3.8, 4) is 0 Å². The third-order valence-electron chi connectivity index (χ3n) is 10.8. The van der Waals surface area contributed by atoms with E-state index in [0.29, 0.717) is 17.4 Å². The van der Waals surface area contributed by atoms with E-state index >= 15 is 0 Å². The first-order valence-corrected chi connectivity index (χ1v) is 27.1. The number of carbonyl (C=O) groups excluding carboxylic acids is 1. The van der Waals surface area contributed by atoms with Gasteiger partial charge in [0.25, 0.3) is 7.82 Å². The lowest BCUT2D eigenvalue weighted by Crippen LogP contribution is -2.45. The average Bonchev–Trinajstić information content (AvgIpc) is 3.25. The number of unbranched alkanes of at least 4 members (excludes halogenated alkanes) is 18. The zero-order chi connectivity index (χ0) is 47.1. The van der Waals surface area contributed by atoms with Crippen molar-refractivity contribution in [3.63, 3.8) is 0 Å². The van der Waals surface area contributed by atoms with Crippen LogP contribution in [-0.4, -0.2) is 68.5 Å². The zero-order valence-electron chi connectivity index (χ0n) is 41.7. The van der Waals surface area contributed by atoms with Crippen molar-refractivity contribution >= 4 is 13.7 Å². The molecule has 2 N–H and O–H groups in total. The Hall–Kier alpha value is -2.58. The summed E-state index contributed by atoms with van der Waals surface area (Å²) in [6.07, 6.45) is 64.7. The number of phosphoric acid groups is 1. The Kier molecular flexibility index (Phi) is 43.7. The van der Waals surface area contributed by atoms with Crippen molar-refractivity contribution in [2.75, 3.05) is 40.9 Å². The lowest BCUT2D eigenvalue weighted by atomic mass is 10.0. The van der Waals surface area contributed by atoms with Crippen LogP contribution in [-0.2, 0) is 18.4 Å². The Morgan fingerprint density at radius 1 is 0.562 bits per heavy atom. The monoisotopic (exact) mass is 913 g/mol. The van der Waals surface area contributed by atoms with Gasteiger partial charge in [0, 0.05) is 6.42 Å². The van der Waals surface area contributed by atoms with Gasteiger partial charge in [-0.05, 0) is 89.9 Å². The van der Waals surface area contributed by atoms with E-state index in [-0.39, 0.29) is 18.9 Å². The van der Waals surface area contributed by atoms with Crippen LogP contribution in [0, 0.1) is 0 Å². The molecule has 64 heavy (non-hydrogen) atoms. The molecular weight excluding hydrogens is 816 g/mol. The number of rotatable bonds is 45. The Balaban J connectivity index is 4.48. The summed E-state index contributed by atoms with van der Waals surface area (Å²) < 4.78 is 23.2. The molecule has 0 aromatic heterocycles. The summed E-state index contributed by atoms with van der Waals surface area (Å²) in [4.78, 5) is 25.4. The van der Waals surface area contributed by atoms with Crippen molar-refractivity contribution in [2.24, 2.45) is 0 Å². The number of aliphatic hydroxyl groups is 1. The van der Waals surface area contributed by atoms with Gasteiger partial charge in [-0.1, -0.05) is 195 Å². The van der Waals surface area contributed by atoms with E-state index in [4.69, 9.17) is 9.05 Å². The Morgan fingerprint density at radius 2 is 0.969 bits per heavy atom. The van der Waals surface area contributed by atoms with E-state index in [1.165, 1.54) is 89.9 Å². The van der Waals surface area contributed by atoms with E-state index in [2.05, 4.69) is 104 Å². The number of amides is 1. The second-order valence-electron chi connectivity index (χ2n) is 18.1. The third kappa shape index (κ3) is 47.4. The quantitative estimate of drug-likeness (QED) is 0.0273. The molecule has 1 amide bonds. The Labute approximate surface area is 394 Å². The minimum atomic E-state index is -4.62. The van der Waals surface area contributed by atoms with Crippen LogP contribution in [0.2, 0.25) is 0 Å². The number of nitrogens with zero attached hydrogens (tertiary/aromatic N) is 1. The number of nitrogens with one attached hydrogen (secondary N) is 1. The second kappa shape index (κ2) is 45.6. The van der Waals surface area contributed by atoms with Crippen molar-refractivity contribution < 1.29 is 32.9 Å². The van der Waals surface area contributed by atoms with Gasteiger partial charge in [0.15, 0.2) is 0 Å². The molecule has 0 saturated heterocycles. The molecule has 0 aromatic carbocycles. The van der Waals surface area contributed by atoms with Gasteiger partial charge in [-0.2, -0.15) is 0 Å². The fourth-order valence-corrected chi connectivity index (χ4v) is 7.46. The summed E-state index contributed by atoms with van der Waals surface area (Å²) >= 11 is 0. The molecule has 0 aromatic rings. The van der Waals surface area contributed by atoms with Crippen molar-refractivity contribution in [1.82, 2.24) is 5.32 Å². The molecule has 0 spiro atoms. The molecule has 0 saturated carbocycles. The molecule has 0 heterocycles. The highest BCUT2D eigenvalue weighted by molar-refractivity contribution is 7.45. The highest BCUT2D eigenvalue weighted by atomic mass is 31.2. The molecular formula is C55H97N2O6P. The first-order chi connectivity index (χ1) is 31.0. The minimum absolute atomic E-state index is 0.0211. The maximum atomic E-state index is 12.9. The van der Waals surface area contributed by atoms with Gasteiger partial charge in [-0.25, -0.2) is 0 Å². The summed E-state index contributed by atoms with van der Waals surface area (Å²) in [7, 11) is 1.20. The van der Waals surface area contributed by atoms with Gasteiger partial charge in [0.1, 0.15) is 13.2 Å². The van der Waals surface area contributed by atoms with Gasteiger partial charge < -0.3 is 28.8 Å². The van der Waals surface area contributed by atoms with Gasteiger partial charge in [-0.15, -0.1) is 0 Å². The van der Waals surface area contributed by atoms with Crippen LogP contribution in [0.4, 0.5) is 0 Å². The van der Waals surface area contributed by atoms with Gasteiger partial charge in [0.05, 0.1) is 39.9 Å². The van der Waals surface area contributed by atoms with Crippen LogP contribution in [0.5, 0.6) is 0 Å². The standard InChI is InChI=1S/C55H97N2O6P/c1-6-8-10-12-14-16-18-20-22-24-26-27-28-29-31-32-34-36-38-40-42-44-46-48-54(58)53(52-63-64(60,61)62-51-50-57(3,4)5)56-55(59)49-47-45-43-41-39-37-35-33-30-25-23-21-19-17-15-13-11-9-7-2/h9,11,15,17,21,23,30-33,37-40,46,48,53-54,58H,6-8,10,12-14,16,18-20,22,24-29,34-36,41-45,47,49-52H2,1-5H3,(H-,56,59,60,61)/b11-9-,17-15-,23-21-,32-31+,33-30-,39-37-,40-38+,48-46+. The predicted molar refractivity (Wildman–Crippen MR) is 274 cm³/mol. The minimum Gasteiger partial charge on any atom is -0.756 e. The van der Waals surface area contributed by atoms with Crippen LogP contribution in [0.15, 0.2) is 97.2 Å². The third-order valence-corrected chi connectivity index (χ3v) is 11.7. The molecule has 3 unspecified atom stereocenters. The van der Waals surface area contributed by atoms with Crippen molar-refractivity contribution in [1.29, 1.82) is 0 Å². The summed E-state index contributed by atoms with van der Waals surface area (Å²) in [5, 5.41) is 13.8. The number of hydrogen-bond acceptors (Lipinski definition) is 6. The van der Waals surface area contributed by atoms with Gasteiger partial charge >= 0.3 is 0 Å². The van der Waals surface area contributed by atoms with E-state index in [0.717, 1.165) is 77.0 Å². The number of aliphatic hydroxyl groups excluding tert-OH is 1. The fourth-order valence-electron chi connectivity index (χ4n) is 6.74. The van der Waals surface area contributed by atoms with Crippen molar-refractivity contribution in [2.45, 2.75) is 206 Å². The summed E-state index contributed by atoms with van der Waals surface area (Å²) in [6, 6.07) is -0.934. The highest BCUT2D eigenvalue weighted by Gasteiger charge is 2.23. The van der Waals surface area contributed by atoms with Crippen LogP contribution >= 0.6 is 7.82 Å². The molecule has 0 aliphatic rings. The maximum Gasteiger partial charge on any atom is 0.268 e. The molecule has 0 aliphatic carbocycles. The number of allylic oxidation sites excluding steroid dienone is 15. The largest absolute Gasteiger partial charge is 0.756 e. The van der Waals surface area contributed by atoms with Gasteiger partial charge in [-0.3, -0.25) is 9.36 Å². The summed E-state index contributed by atoms with van der Waals surface area (Å²) in [6.45, 7) is 4.47. The lowest BCUT2D eigenvalue weighted by Gasteiger charge is -2.29. The average molecular weight is 913 g/mol. The molecule has 0 rings (SSSR count). The maximum absolute atomic E-state index is 12.9. The summed E-state index contributed by atoms with van der Waals surface area (Å²) in [5.74, 6) is -0.246. The number of quaternary nitrogens is 1. The molecule has 9 heteroatoms. The lowest BCUT2D eigenvalue weighted by molar-refractivity contribution is -0.870. The first kappa shape index (κ1) is 61.4. The van der Waals surface area contributed by atoms with Crippen LogP contribution < -0.4 is 10.2 Å². The molecule has 0 aliphatic heterocycles. The van der Waals surface area contributed by atoms with Crippen LogP contribution in [0.25, 0.3) is 0 Å². The predicted octanol–water partition coefficient (Wildman–Crippen LogP) is 14.5. The fraction of sp³-hybridized carbons (Fsp3) is 0.691. The zero-order valence-corrected chi connectivity index (χ0v) is 42.6. The Morgan fingerprint density at radius 3 is 1.45 bits per heavy atom. The smallest absolute Gasteiger partial charge is 0.268 e. The normalized spacial score (nSPS) is 14.9. The Bertz CT molecular complexity index is 1360.